The molecule has 1 aliphatic heterocycles. The van der Waals surface area contributed by atoms with Crippen molar-refractivity contribution < 1.29 is 14.3 Å². The third-order valence-corrected chi connectivity index (χ3v) is 6.08. The van der Waals surface area contributed by atoms with Crippen molar-refractivity contribution in [1.82, 2.24) is 5.43 Å². The summed E-state index contributed by atoms with van der Waals surface area (Å²) in [6.45, 7) is 0.525. The average Bonchev–Trinajstić information content (AvgIpc) is 3.19. The number of nitrogens with one attached hydrogen (secondary N) is 2. The van der Waals surface area contributed by atoms with Gasteiger partial charge in [0.05, 0.1) is 11.6 Å². The summed E-state index contributed by atoms with van der Waals surface area (Å²) in [7, 11) is 0. The Hall–Kier alpha value is -2.93. The normalized spacial score (nSPS) is 15.4. The highest BCUT2D eigenvalue weighted by atomic mass is 35.5. The molecule has 2 amide bonds. The Labute approximate surface area is 206 Å². The number of carbonyl (C=O) groups is 2. The molecule has 2 N–H and O–H groups in total. The molecule has 0 radical (unpaired) electrons. The van der Waals surface area contributed by atoms with Crippen LogP contribution in [-0.4, -0.2) is 18.4 Å². The van der Waals surface area contributed by atoms with E-state index in [0.717, 1.165) is 5.56 Å². The Morgan fingerprint density at radius 1 is 1.00 bits per heavy atom. The second kappa shape index (κ2) is 10.3. The number of hydrazine groups is 1. The molecule has 0 bridgehead atoms. The van der Waals surface area contributed by atoms with E-state index in [1.807, 2.05) is 12.1 Å². The minimum Gasteiger partial charge on any atom is -0.487 e. The highest BCUT2D eigenvalue weighted by molar-refractivity contribution is 6.35. The first-order chi connectivity index (χ1) is 15.9. The minimum atomic E-state index is -0.485. The first-order valence-corrected chi connectivity index (χ1v) is 11.3. The number of halogens is 3. The second-order valence-electron chi connectivity index (χ2n) is 7.52. The lowest BCUT2D eigenvalue weighted by Crippen LogP contribution is -2.36. The molecule has 1 heterocycles. The van der Waals surface area contributed by atoms with Crippen molar-refractivity contribution in [3.8, 4) is 5.75 Å². The molecule has 9 heteroatoms. The zero-order valence-electron chi connectivity index (χ0n) is 17.4. The van der Waals surface area contributed by atoms with Crippen LogP contribution in [0.25, 0.3) is 0 Å². The van der Waals surface area contributed by atoms with Crippen LogP contribution in [0.5, 0.6) is 5.75 Å². The van der Waals surface area contributed by atoms with Gasteiger partial charge >= 0.3 is 0 Å². The van der Waals surface area contributed by atoms with Gasteiger partial charge in [-0.25, -0.2) is 0 Å². The van der Waals surface area contributed by atoms with Gasteiger partial charge < -0.3 is 9.64 Å². The average molecular weight is 505 g/mol. The summed E-state index contributed by atoms with van der Waals surface area (Å²) in [5, 5.41) is 1.65. The predicted octanol–water partition coefficient (Wildman–Crippen LogP) is 5.72. The van der Waals surface area contributed by atoms with E-state index in [1.54, 1.807) is 59.5 Å². The molecule has 1 fully saturated rings. The summed E-state index contributed by atoms with van der Waals surface area (Å²) in [5.74, 6) is -0.341. The van der Waals surface area contributed by atoms with Gasteiger partial charge in [-0.05, 0) is 48.5 Å². The summed E-state index contributed by atoms with van der Waals surface area (Å²) >= 11 is 18.1. The van der Waals surface area contributed by atoms with Crippen LogP contribution in [0.2, 0.25) is 15.1 Å². The number of rotatable bonds is 7. The molecule has 3 aromatic rings. The number of amides is 2. The van der Waals surface area contributed by atoms with Crippen LogP contribution in [0.3, 0.4) is 0 Å². The lowest BCUT2D eigenvalue weighted by Gasteiger charge is -2.18. The van der Waals surface area contributed by atoms with Crippen LogP contribution in [0.4, 0.5) is 11.4 Å². The SMILES string of the molecule is O=C(NNc1ccccc1OCc1ccc(Cl)cc1Cl)[C@H]1CC(=O)N(c2ccc(Cl)cc2)C1. The molecule has 6 nitrogen and oxygen atoms in total. The molecule has 170 valence electrons. The van der Waals surface area contributed by atoms with Crippen molar-refractivity contribution in [1.29, 1.82) is 0 Å². The summed E-state index contributed by atoms with van der Waals surface area (Å²) in [6.07, 6.45) is 0.128. The Bertz CT molecular complexity index is 1170. The number of hydrogen-bond acceptors (Lipinski definition) is 4. The van der Waals surface area contributed by atoms with Gasteiger partial charge in [0.25, 0.3) is 0 Å². The van der Waals surface area contributed by atoms with Gasteiger partial charge in [-0.1, -0.05) is 53.0 Å². The van der Waals surface area contributed by atoms with Crippen LogP contribution in [-0.2, 0) is 16.2 Å². The van der Waals surface area contributed by atoms with E-state index >= 15 is 0 Å². The van der Waals surface area contributed by atoms with E-state index in [2.05, 4.69) is 10.9 Å². The van der Waals surface area contributed by atoms with Crippen molar-refractivity contribution in [2.45, 2.75) is 13.0 Å². The second-order valence-corrected chi connectivity index (χ2v) is 8.80. The summed E-state index contributed by atoms with van der Waals surface area (Å²) < 4.78 is 5.89. The maximum Gasteiger partial charge on any atom is 0.243 e. The number of benzene rings is 3. The fourth-order valence-electron chi connectivity index (χ4n) is 3.47. The smallest absolute Gasteiger partial charge is 0.243 e. The van der Waals surface area contributed by atoms with E-state index in [4.69, 9.17) is 39.5 Å². The molecule has 0 spiro atoms. The largest absolute Gasteiger partial charge is 0.487 e. The maximum absolute atomic E-state index is 12.7. The fourth-order valence-corrected chi connectivity index (χ4v) is 4.06. The zero-order valence-corrected chi connectivity index (χ0v) is 19.6. The predicted molar refractivity (Wildman–Crippen MR) is 131 cm³/mol. The molecule has 1 atom stereocenters. The first kappa shape index (κ1) is 23.2. The number of nitrogens with zero attached hydrogens (tertiary/aromatic N) is 1. The van der Waals surface area contributed by atoms with Crippen LogP contribution < -0.4 is 20.5 Å². The van der Waals surface area contributed by atoms with Crippen molar-refractivity contribution in [3.63, 3.8) is 0 Å². The number of hydrogen-bond donors (Lipinski definition) is 2. The zero-order chi connectivity index (χ0) is 23.4. The molecule has 0 aliphatic carbocycles. The molecule has 0 unspecified atom stereocenters. The highest BCUT2D eigenvalue weighted by Gasteiger charge is 2.35. The number of ether oxygens (including phenoxy) is 1. The van der Waals surface area contributed by atoms with Crippen molar-refractivity contribution >= 4 is 58.0 Å². The third-order valence-electron chi connectivity index (χ3n) is 5.24. The number of para-hydroxylation sites is 2. The van der Waals surface area contributed by atoms with Gasteiger partial charge in [0.2, 0.25) is 11.8 Å². The monoisotopic (exact) mass is 503 g/mol. The first-order valence-electron chi connectivity index (χ1n) is 10.2. The van der Waals surface area contributed by atoms with E-state index in [-0.39, 0.29) is 24.8 Å². The lowest BCUT2D eigenvalue weighted by atomic mass is 10.1. The van der Waals surface area contributed by atoms with Crippen molar-refractivity contribution in [3.05, 3.63) is 87.4 Å². The Balaban J connectivity index is 1.36. The topological polar surface area (TPSA) is 70.7 Å². The van der Waals surface area contributed by atoms with Gasteiger partial charge in [-0.2, -0.15) is 0 Å². The third kappa shape index (κ3) is 5.71. The summed E-state index contributed by atoms with van der Waals surface area (Å²) in [6, 6.07) is 19.3. The van der Waals surface area contributed by atoms with Gasteiger partial charge in [-0.15, -0.1) is 0 Å². The molecule has 1 aliphatic rings. The molecule has 33 heavy (non-hydrogen) atoms. The molecular weight excluding hydrogens is 485 g/mol. The summed E-state index contributed by atoms with van der Waals surface area (Å²) in [5.41, 5.74) is 7.67. The van der Waals surface area contributed by atoms with Crippen molar-refractivity contribution in [2.24, 2.45) is 5.92 Å². The Morgan fingerprint density at radius 2 is 1.73 bits per heavy atom. The van der Waals surface area contributed by atoms with E-state index in [0.29, 0.717) is 38.7 Å². The molecule has 1 saturated heterocycles. The van der Waals surface area contributed by atoms with E-state index in [1.165, 1.54) is 0 Å². The standard InChI is InChI=1S/C24H20Cl3N3O3/c25-17-7-9-19(10-8-17)30-13-16(11-23(30)31)24(32)29-28-21-3-1-2-4-22(21)33-14-15-5-6-18(26)12-20(15)27/h1-10,12,16,28H,11,13-14H2,(H,29,32)/t16-/m0/s1. The molecule has 0 aromatic heterocycles. The molecule has 0 saturated carbocycles. The number of carbonyl (C=O) groups excluding carboxylic acids is 2. The van der Waals surface area contributed by atoms with Crippen LogP contribution in [0, 0.1) is 5.92 Å². The number of anilines is 2. The van der Waals surface area contributed by atoms with Gasteiger partial charge in [0, 0.05) is 39.3 Å². The van der Waals surface area contributed by atoms with Gasteiger partial charge in [0.15, 0.2) is 0 Å². The Kier molecular flexibility index (Phi) is 7.28. The van der Waals surface area contributed by atoms with E-state index in [9.17, 15) is 9.59 Å². The van der Waals surface area contributed by atoms with Crippen LogP contribution in [0.15, 0.2) is 66.7 Å². The van der Waals surface area contributed by atoms with Gasteiger partial charge in [0.1, 0.15) is 12.4 Å². The van der Waals surface area contributed by atoms with Crippen LogP contribution in [0.1, 0.15) is 12.0 Å². The molecular formula is C24H20Cl3N3O3. The molecule has 3 aromatic carbocycles. The summed E-state index contributed by atoms with van der Waals surface area (Å²) in [4.78, 5) is 26.7. The van der Waals surface area contributed by atoms with Crippen LogP contribution >= 0.6 is 34.8 Å². The quantitative estimate of drug-likeness (QED) is 0.404. The highest BCUT2D eigenvalue weighted by Crippen LogP contribution is 2.28. The van der Waals surface area contributed by atoms with Crippen molar-refractivity contribution in [2.75, 3.05) is 16.9 Å². The van der Waals surface area contributed by atoms with Gasteiger partial charge in [-0.3, -0.25) is 20.4 Å². The molecule has 4 rings (SSSR count). The Morgan fingerprint density at radius 3 is 2.48 bits per heavy atom. The fraction of sp³-hybridized carbons (Fsp3) is 0.167. The van der Waals surface area contributed by atoms with E-state index < -0.39 is 5.92 Å². The lowest BCUT2D eigenvalue weighted by molar-refractivity contribution is -0.125. The maximum atomic E-state index is 12.7. The minimum absolute atomic E-state index is 0.110.